The molecule has 2 aromatic rings. The van der Waals surface area contributed by atoms with E-state index in [1.807, 2.05) is 25.1 Å². The maximum Gasteiger partial charge on any atom is 0.305 e. The highest BCUT2D eigenvalue weighted by Crippen LogP contribution is 2.14. The first-order chi connectivity index (χ1) is 6.25. The number of nitrogens with one attached hydrogen (secondary N) is 1. The molecular formula is C10H9NOS. The molecule has 0 unspecified atom stereocenters. The molecule has 13 heavy (non-hydrogen) atoms. The van der Waals surface area contributed by atoms with Crippen molar-refractivity contribution in [3.63, 3.8) is 0 Å². The van der Waals surface area contributed by atoms with Crippen LogP contribution in [0.2, 0.25) is 0 Å². The van der Waals surface area contributed by atoms with E-state index >= 15 is 0 Å². The highest BCUT2D eigenvalue weighted by atomic mass is 32.1. The zero-order valence-electron chi connectivity index (χ0n) is 7.20. The zero-order valence-corrected chi connectivity index (χ0v) is 8.02. The lowest BCUT2D eigenvalue weighted by Gasteiger charge is -1.89. The number of benzene rings is 1. The Bertz CT molecular complexity index is 478. The molecule has 0 fully saturated rings. The fourth-order valence-electron chi connectivity index (χ4n) is 1.05. The molecule has 1 aromatic heterocycles. The van der Waals surface area contributed by atoms with Gasteiger partial charge in [-0.05, 0) is 24.6 Å². The molecule has 0 aliphatic rings. The number of aryl methyl sites for hydroxylation is 1. The van der Waals surface area contributed by atoms with Gasteiger partial charge in [0.15, 0.2) is 0 Å². The first-order valence-electron chi connectivity index (χ1n) is 3.68. The highest BCUT2D eigenvalue weighted by Gasteiger charge is 1.96. The summed E-state index contributed by atoms with van der Waals surface area (Å²) in [6.45, 7) is 2.02. The van der Waals surface area contributed by atoms with Crippen LogP contribution in [0.4, 0.5) is 0 Å². The third-order valence-corrected chi connectivity index (χ3v) is 2.42. The lowest BCUT2D eigenvalue weighted by molar-refractivity contribution is 1.40. The number of hydrogen-bond donors (Lipinski definition) is 1. The Labute approximate surface area is 80.2 Å². The molecule has 0 saturated carbocycles. The van der Waals surface area contributed by atoms with E-state index in [0.29, 0.717) is 0 Å². The van der Waals surface area contributed by atoms with Gasteiger partial charge in [0.1, 0.15) is 0 Å². The molecule has 0 spiro atoms. The van der Waals surface area contributed by atoms with Crippen molar-refractivity contribution in [1.29, 1.82) is 0 Å². The van der Waals surface area contributed by atoms with Crippen molar-refractivity contribution in [1.82, 2.24) is 4.98 Å². The Morgan fingerprint density at radius 1 is 1.38 bits per heavy atom. The molecule has 1 N–H and O–H groups in total. The van der Waals surface area contributed by atoms with Gasteiger partial charge in [-0.3, -0.25) is 4.79 Å². The van der Waals surface area contributed by atoms with E-state index in [1.165, 1.54) is 16.9 Å². The second-order valence-corrected chi connectivity index (χ2v) is 3.53. The molecule has 66 valence electrons. The normalized spacial score (nSPS) is 9.15. The maximum atomic E-state index is 10.9. The van der Waals surface area contributed by atoms with Gasteiger partial charge in [0.05, 0.1) is 10.2 Å². The van der Waals surface area contributed by atoms with Gasteiger partial charge < -0.3 is 4.98 Å². The van der Waals surface area contributed by atoms with Crippen molar-refractivity contribution in [2.75, 3.05) is 0 Å². The number of fused-ring (bicyclic) bond motifs is 1. The Hall–Kier alpha value is -1.53. The second kappa shape index (κ2) is 3.92. The van der Waals surface area contributed by atoms with Crippen LogP contribution in [-0.2, 0) is 0 Å². The van der Waals surface area contributed by atoms with E-state index in [4.69, 9.17) is 0 Å². The Morgan fingerprint density at radius 3 is 2.77 bits per heavy atom. The van der Waals surface area contributed by atoms with Gasteiger partial charge in [-0.15, -0.1) is 12.8 Å². The lowest BCUT2D eigenvalue weighted by atomic mass is 10.2. The number of H-pyrrole nitrogens is 1. The average molecular weight is 191 g/mol. The van der Waals surface area contributed by atoms with Crippen molar-refractivity contribution < 1.29 is 0 Å². The maximum absolute atomic E-state index is 10.9. The van der Waals surface area contributed by atoms with Crippen molar-refractivity contribution in [2.24, 2.45) is 0 Å². The van der Waals surface area contributed by atoms with E-state index < -0.39 is 0 Å². The van der Waals surface area contributed by atoms with Crippen LogP contribution >= 0.6 is 11.3 Å². The minimum Gasteiger partial charge on any atom is -0.312 e. The molecule has 2 nitrogen and oxygen atoms in total. The van der Waals surface area contributed by atoms with Crippen LogP contribution in [0.1, 0.15) is 5.56 Å². The van der Waals surface area contributed by atoms with Gasteiger partial charge in [0.2, 0.25) is 0 Å². The molecule has 3 heteroatoms. The van der Waals surface area contributed by atoms with Crippen molar-refractivity contribution in [2.45, 2.75) is 6.92 Å². The molecule has 0 amide bonds. The first kappa shape index (κ1) is 9.56. The van der Waals surface area contributed by atoms with Gasteiger partial charge in [-0.25, -0.2) is 0 Å². The Morgan fingerprint density at radius 2 is 2.08 bits per heavy atom. The molecule has 0 aliphatic heterocycles. The quantitative estimate of drug-likeness (QED) is 0.636. The number of terminal acetylenes is 1. The standard InChI is InChI=1S/C8H7NOS.C2H2/c1-5-2-3-6-7(4-5)11-8(10)9-6;1-2/h2-4H,1H3,(H,9,10);1-2H. The second-order valence-electron chi connectivity index (χ2n) is 2.51. The molecule has 0 bridgehead atoms. The van der Waals surface area contributed by atoms with Crippen LogP contribution in [-0.4, -0.2) is 4.98 Å². The Balaban J connectivity index is 0.000000396. The number of thiazole rings is 1. The van der Waals surface area contributed by atoms with E-state index in [-0.39, 0.29) is 4.87 Å². The predicted octanol–water partition coefficient (Wildman–Crippen LogP) is 2.15. The molecule has 0 saturated heterocycles. The molecule has 0 radical (unpaired) electrons. The average Bonchev–Trinajstić information content (AvgIpc) is 2.48. The SMILES string of the molecule is C#C.Cc1ccc2[nH]c(=O)sc2c1. The van der Waals surface area contributed by atoms with Crippen molar-refractivity contribution >= 4 is 21.6 Å². The van der Waals surface area contributed by atoms with Gasteiger partial charge in [0.25, 0.3) is 0 Å². The number of rotatable bonds is 0. The van der Waals surface area contributed by atoms with E-state index in [0.717, 1.165) is 10.2 Å². The fraction of sp³-hybridized carbons (Fsp3) is 0.100. The van der Waals surface area contributed by atoms with Crippen molar-refractivity contribution in [3.8, 4) is 12.8 Å². The van der Waals surface area contributed by atoms with Gasteiger partial charge in [-0.1, -0.05) is 17.4 Å². The molecular weight excluding hydrogens is 182 g/mol. The fourth-order valence-corrected chi connectivity index (χ4v) is 1.89. The summed E-state index contributed by atoms with van der Waals surface area (Å²) in [6.07, 6.45) is 8.00. The van der Waals surface area contributed by atoms with Crippen LogP contribution < -0.4 is 4.87 Å². The van der Waals surface area contributed by atoms with Gasteiger partial charge in [-0.2, -0.15) is 0 Å². The number of aromatic amines is 1. The zero-order chi connectivity index (χ0) is 9.84. The largest absolute Gasteiger partial charge is 0.312 e. The van der Waals surface area contributed by atoms with E-state index in [9.17, 15) is 4.79 Å². The summed E-state index contributed by atoms with van der Waals surface area (Å²) < 4.78 is 1.04. The van der Waals surface area contributed by atoms with Crippen LogP contribution in [0.3, 0.4) is 0 Å². The Kier molecular flexibility index (Phi) is 2.88. The van der Waals surface area contributed by atoms with Crippen LogP contribution in [0.5, 0.6) is 0 Å². The highest BCUT2D eigenvalue weighted by molar-refractivity contribution is 7.16. The minimum atomic E-state index is 0.0191. The van der Waals surface area contributed by atoms with Crippen molar-refractivity contribution in [3.05, 3.63) is 33.4 Å². The lowest BCUT2D eigenvalue weighted by Crippen LogP contribution is -1.89. The number of aromatic nitrogens is 1. The molecule has 0 atom stereocenters. The third kappa shape index (κ3) is 1.98. The smallest absolute Gasteiger partial charge is 0.305 e. The van der Waals surface area contributed by atoms with E-state index in [2.05, 4.69) is 17.8 Å². The van der Waals surface area contributed by atoms with Crippen LogP contribution in [0, 0.1) is 19.8 Å². The monoisotopic (exact) mass is 191 g/mol. The minimum absolute atomic E-state index is 0.0191. The first-order valence-corrected chi connectivity index (χ1v) is 4.50. The summed E-state index contributed by atoms with van der Waals surface area (Å²) >= 11 is 1.26. The number of hydrogen-bond acceptors (Lipinski definition) is 2. The summed E-state index contributed by atoms with van der Waals surface area (Å²) in [5.41, 5.74) is 2.12. The van der Waals surface area contributed by atoms with Crippen LogP contribution in [0.15, 0.2) is 23.0 Å². The van der Waals surface area contributed by atoms with Gasteiger partial charge >= 0.3 is 4.87 Å². The summed E-state index contributed by atoms with van der Waals surface area (Å²) in [4.78, 5) is 13.6. The summed E-state index contributed by atoms with van der Waals surface area (Å²) in [7, 11) is 0. The van der Waals surface area contributed by atoms with E-state index in [1.54, 1.807) is 0 Å². The summed E-state index contributed by atoms with van der Waals surface area (Å²) in [6, 6.07) is 5.94. The van der Waals surface area contributed by atoms with Gasteiger partial charge in [0, 0.05) is 0 Å². The third-order valence-electron chi connectivity index (χ3n) is 1.58. The summed E-state index contributed by atoms with van der Waals surface area (Å²) in [5.74, 6) is 0. The topological polar surface area (TPSA) is 32.9 Å². The predicted molar refractivity (Wildman–Crippen MR) is 57.1 cm³/mol. The molecule has 1 aromatic carbocycles. The molecule has 1 heterocycles. The molecule has 2 rings (SSSR count). The summed E-state index contributed by atoms with van der Waals surface area (Å²) in [5, 5.41) is 0. The van der Waals surface area contributed by atoms with Crippen LogP contribution in [0.25, 0.3) is 10.2 Å². The molecule has 0 aliphatic carbocycles.